The van der Waals surface area contributed by atoms with Crippen molar-refractivity contribution in [2.24, 2.45) is 5.73 Å². The molecule has 120 valence electrons. The summed E-state index contributed by atoms with van der Waals surface area (Å²) in [6, 6.07) is 5.00. The van der Waals surface area contributed by atoms with Crippen LogP contribution in [0.25, 0.3) is 0 Å². The van der Waals surface area contributed by atoms with Gasteiger partial charge in [0.15, 0.2) is 12.5 Å². The van der Waals surface area contributed by atoms with Crippen LogP contribution in [0.3, 0.4) is 0 Å². The summed E-state index contributed by atoms with van der Waals surface area (Å²) < 4.78 is 25.2. The molecule has 2 N–H and O–H groups in total. The Bertz CT molecular complexity index is 537. The van der Waals surface area contributed by atoms with Crippen molar-refractivity contribution < 1.29 is 18.7 Å². The van der Waals surface area contributed by atoms with Crippen LogP contribution >= 0.6 is 0 Å². The van der Waals surface area contributed by atoms with Crippen molar-refractivity contribution in [3.8, 4) is 0 Å². The number of halogens is 1. The van der Waals surface area contributed by atoms with Crippen molar-refractivity contribution in [3.05, 3.63) is 24.0 Å². The quantitative estimate of drug-likeness (QED) is 0.810. The zero-order valence-corrected chi connectivity index (χ0v) is 12.3. The van der Waals surface area contributed by atoms with Crippen molar-refractivity contribution in [3.63, 3.8) is 0 Å². The van der Waals surface area contributed by atoms with E-state index in [-0.39, 0.29) is 11.9 Å². The van der Waals surface area contributed by atoms with E-state index in [1.807, 2.05) is 11.0 Å². The second-order valence-corrected chi connectivity index (χ2v) is 5.41. The Kier molecular flexibility index (Phi) is 4.56. The van der Waals surface area contributed by atoms with E-state index in [4.69, 9.17) is 15.2 Å². The van der Waals surface area contributed by atoms with Gasteiger partial charge in [-0.25, -0.2) is 4.39 Å². The van der Waals surface area contributed by atoms with Gasteiger partial charge in [-0.1, -0.05) is 0 Å². The molecule has 0 saturated carbocycles. The number of hydrogen-bond acceptors (Lipinski definition) is 6. The zero-order chi connectivity index (χ0) is 15.5. The lowest BCUT2D eigenvalue weighted by molar-refractivity contribution is -0.117. The molecular weight excluding hydrogens is 289 g/mol. The summed E-state index contributed by atoms with van der Waals surface area (Å²) in [6.45, 7) is 3.37. The minimum absolute atomic E-state index is 0.211. The van der Waals surface area contributed by atoms with Crippen LogP contribution < -0.4 is 15.5 Å². The first-order chi connectivity index (χ1) is 10.7. The predicted molar refractivity (Wildman–Crippen MR) is 80.6 cm³/mol. The van der Waals surface area contributed by atoms with Gasteiger partial charge in [-0.15, -0.1) is 0 Å². The Hall–Kier alpha value is -1.70. The highest BCUT2D eigenvalue weighted by Crippen LogP contribution is 2.29. The van der Waals surface area contributed by atoms with E-state index in [9.17, 15) is 9.18 Å². The number of carbonyl (C=O) groups is 1. The molecule has 22 heavy (non-hydrogen) atoms. The summed E-state index contributed by atoms with van der Waals surface area (Å²) in [7, 11) is 0. The maximum atomic E-state index is 14.4. The molecule has 0 amide bonds. The summed E-state index contributed by atoms with van der Waals surface area (Å²) in [5.74, 6) is -0.305. The molecule has 0 aromatic heterocycles. The van der Waals surface area contributed by atoms with Gasteiger partial charge >= 0.3 is 0 Å². The lowest BCUT2D eigenvalue weighted by Crippen LogP contribution is -2.37. The van der Waals surface area contributed by atoms with Crippen LogP contribution in [0.1, 0.15) is 0 Å². The van der Waals surface area contributed by atoms with Gasteiger partial charge < -0.3 is 25.0 Å². The second kappa shape index (κ2) is 6.60. The van der Waals surface area contributed by atoms with Gasteiger partial charge in [-0.2, -0.15) is 0 Å². The number of nitrogens with two attached hydrogens (primary N) is 1. The van der Waals surface area contributed by atoms with Gasteiger partial charge in [0.2, 0.25) is 0 Å². The fourth-order valence-electron chi connectivity index (χ4n) is 2.86. The lowest BCUT2D eigenvalue weighted by Gasteiger charge is -2.30. The Morgan fingerprint density at radius 2 is 2.14 bits per heavy atom. The second-order valence-electron chi connectivity index (χ2n) is 5.41. The topological polar surface area (TPSA) is 68.0 Å². The Balaban J connectivity index is 1.80. The van der Waals surface area contributed by atoms with Gasteiger partial charge in [-0.3, -0.25) is 4.79 Å². The molecule has 0 spiro atoms. The summed E-state index contributed by atoms with van der Waals surface area (Å²) in [5.41, 5.74) is 6.77. The number of aldehydes is 1. The first-order valence-corrected chi connectivity index (χ1v) is 7.42. The van der Waals surface area contributed by atoms with Crippen LogP contribution in [0.4, 0.5) is 15.8 Å². The minimum atomic E-state index is -0.706. The highest BCUT2D eigenvalue weighted by Gasteiger charge is 2.32. The van der Waals surface area contributed by atoms with Crippen LogP contribution in [0.2, 0.25) is 0 Å². The number of rotatable bonds is 4. The van der Waals surface area contributed by atoms with Crippen LogP contribution in [0.5, 0.6) is 0 Å². The number of morpholine rings is 1. The Labute approximate surface area is 128 Å². The summed E-state index contributed by atoms with van der Waals surface area (Å²) >= 11 is 0. The first kappa shape index (κ1) is 15.2. The largest absolute Gasteiger partial charge is 0.378 e. The van der Waals surface area contributed by atoms with Gasteiger partial charge in [-0.05, 0) is 18.2 Å². The number of anilines is 2. The third kappa shape index (κ3) is 2.92. The smallest absolute Gasteiger partial charge is 0.187 e. The summed E-state index contributed by atoms with van der Waals surface area (Å²) in [6.07, 6.45) is -0.205. The maximum absolute atomic E-state index is 14.4. The van der Waals surface area contributed by atoms with Gasteiger partial charge in [0, 0.05) is 31.9 Å². The molecule has 6 nitrogen and oxygen atoms in total. The molecule has 1 aromatic carbocycles. The lowest BCUT2D eigenvalue weighted by atomic mass is 10.2. The molecule has 2 aliphatic rings. The maximum Gasteiger partial charge on any atom is 0.187 e. The average molecular weight is 309 g/mol. The zero-order valence-electron chi connectivity index (χ0n) is 12.3. The molecule has 2 atom stereocenters. The fourth-order valence-corrected chi connectivity index (χ4v) is 2.86. The molecule has 7 heteroatoms. The van der Waals surface area contributed by atoms with E-state index in [0.717, 1.165) is 0 Å². The Morgan fingerprint density at radius 3 is 2.77 bits per heavy atom. The number of carbonyl (C=O) groups excluding carboxylic acids is 1. The van der Waals surface area contributed by atoms with E-state index in [2.05, 4.69) is 0 Å². The normalized spacial score (nSPS) is 25.5. The van der Waals surface area contributed by atoms with E-state index < -0.39 is 6.23 Å². The number of ether oxygens (including phenoxy) is 2. The molecule has 2 unspecified atom stereocenters. The SMILES string of the molecule is NCC1CN(c2ccc(N3CCOCC3)c(F)c2)C(C=O)O1. The average Bonchev–Trinajstić information content (AvgIpc) is 2.99. The van der Waals surface area contributed by atoms with Crippen molar-refractivity contribution in [1.82, 2.24) is 0 Å². The number of hydrogen-bond donors (Lipinski definition) is 1. The molecule has 1 aromatic rings. The van der Waals surface area contributed by atoms with E-state index in [1.54, 1.807) is 11.0 Å². The fraction of sp³-hybridized carbons (Fsp3) is 0.533. The Morgan fingerprint density at radius 1 is 1.36 bits per heavy atom. The van der Waals surface area contributed by atoms with Gasteiger partial charge in [0.25, 0.3) is 0 Å². The van der Waals surface area contributed by atoms with Crippen molar-refractivity contribution >= 4 is 17.7 Å². The minimum Gasteiger partial charge on any atom is -0.378 e. The highest BCUT2D eigenvalue weighted by atomic mass is 19.1. The molecule has 2 heterocycles. The first-order valence-electron chi connectivity index (χ1n) is 7.42. The molecular formula is C15H20FN3O3. The molecule has 2 aliphatic heterocycles. The van der Waals surface area contributed by atoms with Crippen LogP contribution in [0.15, 0.2) is 18.2 Å². The van der Waals surface area contributed by atoms with E-state index >= 15 is 0 Å². The highest BCUT2D eigenvalue weighted by molar-refractivity contribution is 5.67. The molecule has 0 radical (unpaired) electrons. The van der Waals surface area contributed by atoms with Crippen LogP contribution in [-0.4, -0.2) is 58.0 Å². The predicted octanol–water partition coefficient (Wildman–Crippen LogP) is 0.351. The van der Waals surface area contributed by atoms with E-state index in [0.29, 0.717) is 57.1 Å². The molecule has 2 fully saturated rings. The number of benzene rings is 1. The van der Waals surface area contributed by atoms with Crippen molar-refractivity contribution in [2.75, 3.05) is 49.2 Å². The summed E-state index contributed by atoms with van der Waals surface area (Å²) in [5, 5.41) is 0. The van der Waals surface area contributed by atoms with Crippen molar-refractivity contribution in [2.45, 2.75) is 12.3 Å². The molecule has 2 saturated heterocycles. The monoisotopic (exact) mass is 309 g/mol. The van der Waals surface area contributed by atoms with Gasteiger partial charge in [0.1, 0.15) is 5.82 Å². The standard InChI is InChI=1S/C15H20FN3O3/c16-13-7-11(19-9-12(8-17)22-15(19)10-20)1-2-14(13)18-3-5-21-6-4-18/h1-2,7,10,12,15H,3-6,8-9,17H2. The molecule has 0 aliphatic carbocycles. The molecule has 3 rings (SSSR count). The van der Waals surface area contributed by atoms with Crippen LogP contribution in [-0.2, 0) is 14.3 Å². The van der Waals surface area contributed by atoms with E-state index in [1.165, 1.54) is 6.07 Å². The van der Waals surface area contributed by atoms with Gasteiger partial charge in [0.05, 0.1) is 25.0 Å². The third-order valence-electron chi connectivity index (χ3n) is 4.03. The van der Waals surface area contributed by atoms with Crippen molar-refractivity contribution in [1.29, 1.82) is 0 Å². The van der Waals surface area contributed by atoms with Crippen LogP contribution in [0, 0.1) is 5.82 Å². The third-order valence-corrected chi connectivity index (χ3v) is 4.03. The number of nitrogens with zero attached hydrogens (tertiary/aromatic N) is 2. The summed E-state index contributed by atoms with van der Waals surface area (Å²) in [4.78, 5) is 14.8. The molecule has 0 bridgehead atoms.